The Labute approximate surface area is 208 Å². The van der Waals surface area contributed by atoms with Crippen LogP contribution in [0, 0.1) is 0 Å². The Bertz CT molecular complexity index is 1290. The second-order valence-corrected chi connectivity index (χ2v) is 8.98. The lowest BCUT2D eigenvalue weighted by Crippen LogP contribution is -2.23. The van der Waals surface area contributed by atoms with Gasteiger partial charge in [-0.05, 0) is 60.0 Å². The van der Waals surface area contributed by atoms with E-state index in [-0.39, 0.29) is 11.5 Å². The smallest absolute Gasteiger partial charge is 0.578 e. The summed E-state index contributed by atoms with van der Waals surface area (Å²) in [4.78, 5) is 4.01. The quantitative estimate of drug-likeness (QED) is 0.251. The molecule has 7 nitrogen and oxygen atoms in total. The van der Waals surface area contributed by atoms with E-state index in [0.717, 1.165) is 18.5 Å². The van der Waals surface area contributed by atoms with Crippen LogP contribution in [0.2, 0.25) is 0 Å². The van der Waals surface area contributed by atoms with Crippen LogP contribution in [-0.2, 0) is 24.3 Å². The van der Waals surface area contributed by atoms with Gasteiger partial charge in [-0.25, -0.2) is 4.98 Å². The van der Waals surface area contributed by atoms with Crippen molar-refractivity contribution < 1.29 is 26.9 Å². The number of benzene rings is 2. The van der Waals surface area contributed by atoms with E-state index in [1.54, 1.807) is 23.0 Å². The molecule has 1 atom stereocenters. The fourth-order valence-electron chi connectivity index (χ4n) is 3.08. The molecule has 4 aromatic rings. The molecule has 0 N–H and O–H groups in total. The number of aryl methyl sites for hydroxylation is 1. The van der Waals surface area contributed by atoms with Crippen molar-refractivity contribution in [1.29, 1.82) is 0 Å². The van der Waals surface area contributed by atoms with Gasteiger partial charge in [-0.3, -0.25) is 4.68 Å². The lowest BCUT2D eigenvalue weighted by molar-refractivity contribution is -0.0435. The van der Waals surface area contributed by atoms with Crippen LogP contribution in [-0.4, -0.2) is 30.0 Å². The highest BCUT2D eigenvalue weighted by Crippen LogP contribution is 2.30. The van der Waals surface area contributed by atoms with E-state index in [2.05, 4.69) is 21.4 Å². The number of ether oxygens (including phenoxy) is 1. The summed E-state index contributed by atoms with van der Waals surface area (Å²) in [5.41, 5.74) is -2.54. The molecule has 1 unspecified atom stereocenters. The van der Waals surface area contributed by atoms with Crippen LogP contribution in [0.5, 0.6) is 5.75 Å². The molecule has 36 heavy (non-hydrogen) atoms. The van der Waals surface area contributed by atoms with E-state index in [4.69, 9.17) is 9.15 Å². The van der Waals surface area contributed by atoms with Crippen molar-refractivity contribution >= 4 is 29.4 Å². The van der Waals surface area contributed by atoms with Gasteiger partial charge in [0.25, 0.3) is 0 Å². The molecular formula is C25H21F3N4O3S. The molecular weight excluding hydrogens is 493 g/mol. The molecule has 186 valence electrons. The summed E-state index contributed by atoms with van der Waals surface area (Å²) < 4.78 is 61.9. The molecule has 4 rings (SSSR count). The van der Waals surface area contributed by atoms with Crippen molar-refractivity contribution in [2.45, 2.75) is 30.0 Å². The van der Waals surface area contributed by atoms with Crippen LogP contribution in [0.15, 0.2) is 82.6 Å². The molecule has 0 aliphatic carbocycles. The number of nitrogens with zero attached hydrogens (tertiary/aromatic N) is 4. The van der Waals surface area contributed by atoms with Crippen LogP contribution in [0.25, 0.3) is 18.2 Å². The SMILES string of the molecule is [O-][S+](c1ccc(C=Cc2nc(COc3ccc(C=CCCn4ccnn4)cc3)co2)cc1)C(F)(F)F. The third-order valence-corrected chi connectivity index (χ3v) is 5.99. The van der Waals surface area contributed by atoms with Gasteiger partial charge in [0.05, 0.1) is 17.4 Å². The zero-order valence-electron chi connectivity index (χ0n) is 18.8. The summed E-state index contributed by atoms with van der Waals surface area (Å²) >= 11 is -3.05. The molecule has 2 heterocycles. The third-order valence-electron chi connectivity index (χ3n) is 4.87. The van der Waals surface area contributed by atoms with E-state index >= 15 is 0 Å². The van der Waals surface area contributed by atoms with Crippen molar-refractivity contribution in [2.75, 3.05) is 0 Å². The second-order valence-electron chi connectivity index (χ2n) is 7.51. The number of hydrogen-bond donors (Lipinski definition) is 0. The molecule has 0 aliphatic heterocycles. The molecule has 2 aromatic carbocycles. The predicted molar refractivity (Wildman–Crippen MR) is 129 cm³/mol. The van der Waals surface area contributed by atoms with Crippen molar-refractivity contribution in [1.82, 2.24) is 20.0 Å². The maximum atomic E-state index is 12.5. The third kappa shape index (κ3) is 7.33. The Balaban J connectivity index is 1.24. The molecule has 0 saturated carbocycles. The van der Waals surface area contributed by atoms with Gasteiger partial charge >= 0.3 is 5.51 Å². The number of halogens is 3. The van der Waals surface area contributed by atoms with E-state index in [1.807, 2.05) is 36.5 Å². The van der Waals surface area contributed by atoms with Gasteiger partial charge < -0.3 is 13.7 Å². The first kappa shape index (κ1) is 25.3. The maximum absolute atomic E-state index is 12.5. The maximum Gasteiger partial charge on any atom is 0.578 e. The Kier molecular flexibility index (Phi) is 8.24. The van der Waals surface area contributed by atoms with Crippen LogP contribution in [0.1, 0.15) is 29.1 Å². The molecule has 2 aromatic heterocycles. The lowest BCUT2D eigenvalue weighted by Gasteiger charge is -2.11. The average Bonchev–Trinajstić information content (AvgIpc) is 3.56. The topological polar surface area (TPSA) is 89.0 Å². The van der Waals surface area contributed by atoms with Gasteiger partial charge in [-0.15, -0.1) is 18.3 Å². The van der Waals surface area contributed by atoms with E-state index in [0.29, 0.717) is 22.9 Å². The molecule has 0 fully saturated rings. The van der Waals surface area contributed by atoms with Crippen molar-refractivity contribution in [3.05, 3.63) is 96.0 Å². The van der Waals surface area contributed by atoms with Gasteiger partial charge in [0, 0.05) is 18.8 Å². The van der Waals surface area contributed by atoms with Crippen LogP contribution >= 0.6 is 0 Å². The molecule has 0 amide bonds. The van der Waals surface area contributed by atoms with E-state index in [9.17, 15) is 17.7 Å². The number of alkyl halides is 3. The van der Waals surface area contributed by atoms with Gasteiger partial charge in [-0.2, -0.15) is 0 Å². The zero-order chi connectivity index (χ0) is 25.4. The predicted octanol–water partition coefficient (Wildman–Crippen LogP) is 5.75. The van der Waals surface area contributed by atoms with Crippen LogP contribution in [0.3, 0.4) is 0 Å². The van der Waals surface area contributed by atoms with E-state index in [1.165, 1.54) is 30.5 Å². The fourth-order valence-corrected chi connectivity index (χ4v) is 3.73. The number of rotatable bonds is 10. The van der Waals surface area contributed by atoms with Crippen molar-refractivity contribution in [2.24, 2.45) is 0 Å². The summed E-state index contributed by atoms with van der Waals surface area (Å²) in [6.07, 6.45) is 13.1. The first-order valence-corrected chi connectivity index (χ1v) is 12.0. The normalized spacial score (nSPS) is 13.0. The summed E-state index contributed by atoms with van der Waals surface area (Å²) in [5, 5.41) is 7.69. The number of hydrogen-bond acceptors (Lipinski definition) is 6. The zero-order valence-corrected chi connectivity index (χ0v) is 19.7. The van der Waals surface area contributed by atoms with Gasteiger partial charge in [0.2, 0.25) is 5.89 Å². The highest BCUT2D eigenvalue weighted by Gasteiger charge is 2.45. The van der Waals surface area contributed by atoms with Gasteiger partial charge in [-0.1, -0.05) is 29.5 Å². The minimum Gasteiger partial charge on any atom is -0.604 e. The Morgan fingerprint density at radius 2 is 1.72 bits per heavy atom. The summed E-state index contributed by atoms with van der Waals surface area (Å²) in [6.45, 7) is 0.978. The summed E-state index contributed by atoms with van der Waals surface area (Å²) in [6, 6.07) is 12.9. The second kappa shape index (κ2) is 11.7. The highest BCUT2D eigenvalue weighted by atomic mass is 32.2. The Hall–Kier alpha value is -3.83. The highest BCUT2D eigenvalue weighted by molar-refractivity contribution is 7.92. The molecule has 11 heteroatoms. The summed E-state index contributed by atoms with van der Waals surface area (Å²) in [5.74, 6) is 1.01. The summed E-state index contributed by atoms with van der Waals surface area (Å²) in [7, 11) is 0. The molecule has 0 spiro atoms. The van der Waals surface area contributed by atoms with Gasteiger partial charge in [0.1, 0.15) is 24.3 Å². The standard InChI is InChI=1S/C25H21F3N4O3S/c26-25(27,28)36(33)23-11-6-20(7-12-23)8-13-24-30-21(18-35-24)17-34-22-9-4-19(5-10-22)3-1-2-15-32-16-14-29-31-32/h1,3-14,16,18H,2,15,17H2. The van der Waals surface area contributed by atoms with E-state index < -0.39 is 16.7 Å². The largest absolute Gasteiger partial charge is 0.604 e. The molecule has 0 radical (unpaired) electrons. The molecule has 0 bridgehead atoms. The van der Waals surface area contributed by atoms with Crippen molar-refractivity contribution in [3.63, 3.8) is 0 Å². The monoisotopic (exact) mass is 514 g/mol. The first-order chi connectivity index (χ1) is 17.4. The minimum atomic E-state index is -4.79. The molecule has 0 aliphatic rings. The van der Waals surface area contributed by atoms with Gasteiger partial charge in [0.15, 0.2) is 4.90 Å². The van der Waals surface area contributed by atoms with Crippen LogP contribution < -0.4 is 4.74 Å². The Morgan fingerprint density at radius 3 is 2.42 bits per heavy atom. The average molecular weight is 515 g/mol. The van der Waals surface area contributed by atoms with Crippen molar-refractivity contribution in [3.8, 4) is 5.75 Å². The molecule has 0 saturated heterocycles. The minimum absolute atomic E-state index is 0.211. The first-order valence-electron chi connectivity index (χ1n) is 10.8. The fraction of sp³-hybridized carbons (Fsp3) is 0.160. The van der Waals surface area contributed by atoms with Crippen LogP contribution in [0.4, 0.5) is 13.2 Å². The Morgan fingerprint density at radius 1 is 1.00 bits per heavy atom. The lowest BCUT2D eigenvalue weighted by atomic mass is 10.2. The number of allylic oxidation sites excluding steroid dienone is 1. The number of aromatic nitrogens is 4. The number of oxazole rings is 1.